The number of H-pyrrole nitrogens is 1. The summed E-state index contributed by atoms with van der Waals surface area (Å²) in [4.78, 5) is 8.52. The van der Waals surface area contributed by atoms with E-state index in [0.717, 1.165) is 32.3 Å². The van der Waals surface area contributed by atoms with E-state index < -0.39 is 0 Å². The van der Waals surface area contributed by atoms with Crippen LogP contribution in [-0.4, -0.2) is 9.97 Å². The molecule has 1 N–H and O–H groups in total. The maximum absolute atomic E-state index is 4.93. The topological polar surface area (TPSA) is 28.7 Å². The Morgan fingerprint density at radius 3 is 2.46 bits per heavy atom. The second-order valence-corrected chi connectivity index (χ2v) is 6.82. The summed E-state index contributed by atoms with van der Waals surface area (Å²) in [6.45, 7) is 0. The van der Waals surface area contributed by atoms with E-state index >= 15 is 0 Å². The quantitative estimate of drug-likeness (QED) is 0.370. The molecule has 2 nitrogen and oxygen atoms in total. The van der Waals surface area contributed by atoms with E-state index in [-0.39, 0.29) is 0 Å². The lowest BCUT2D eigenvalue weighted by atomic mass is 9.96. The van der Waals surface area contributed by atoms with Crippen LogP contribution in [0.25, 0.3) is 44.3 Å². The molecule has 3 heteroatoms. The second-order valence-electron chi connectivity index (χ2n) is 5.91. The monoisotopic (exact) mass is 372 g/mol. The number of benzene rings is 3. The van der Waals surface area contributed by atoms with E-state index in [1.165, 1.54) is 16.5 Å². The van der Waals surface area contributed by atoms with Gasteiger partial charge in [-0.2, -0.15) is 0 Å². The maximum Gasteiger partial charge on any atom is 0.0964 e. The van der Waals surface area contributed by atoms with E-state index in [1.54, 1.807) is 0 Å². The molecule has 0 amide bonds. The molecule has 0 bridgehead atoms. The molecular weight excluding hydrogens is 360 g/mol. The largest absolute Gasteiger partial charge is 0.353 e. The number of nitrogens with zero attached hydrogens (tertiary/aromatic N) is 1. The maximum atomic E-state index is 4.93. The van der Waals surface area contributed by atoms with Crippen LogP contribution >= 0.6 is 15.9 Å². The van der Waals surface area contributed by atoms with Crippen molar-refractivity contribution in [2.75, 3.05) is 0 Å². The first-order valence-corrected chi connectivity index (χ1v) is 8.66. The lowest BCUT2D eigenvalue weighted by molar-refractivity contribution is 1.37. The molecule has 2 heterocycles. The molecule has 5 rings (SSSR count). The molecule has 0 unspecified atom stereocenters. The molecule has 0 atom stereocenters. The Morgan fingerprint density at radius 2 is 1.58 bits per heavy atom. The Balaban J connectivity index is 2.00. The highest BCUT2D eigenvalue weighted by molar-refractivity contribution is 9.10. The van der Waals surface area contributed by atoms with Crippen LogP contribution in [0.3, 0.4) is 0 Å². The highest BCUT2D eigenvalue weighted by atomic mass is 79.9. The Labute approximate surface area is 147 Å². The number of hydrogen-bond donors (Lipinski definition) is 1. The molecule has 0 aromatic heterocycles. The summed E-state index contributed by atoms with van der Waals surface area (Å²) in [6, 6.07) is 25.1. The fourth-order valence-electron chi connectivity index (χ4n) is 3.39. The van der Waals surface area contributed by atoms with Gasteiger partial charge >= 0.3 is 0 Å². The molecule has 3 aromatic rings. The number of rotatable bonds is 1. The smallest absolute Gasteiger partial charge is 0.0964 e. The molecule has 0 spiro atoms. The van der Waals surface area contributed by atoms with Crippen molar-refractivity contribution >= 4 is 37.7 Å². The number of fused-ring (bicyclic) bond motifs is 4. The molecular formula is C21H13BrN2. The van der Waals surface area contributed by atoms with Crippen LogP contribution in [-0.2, 0) is 0 Å². The lowest BCUT2D eigenvalue weighted by Crippen LogP contribution is -1.92. The summed E-state index contributed by atoms with van der Waals surface area (Å²) in [5, 5.41) is 2.33. The van der Waals surface area contributed by atoms with Crippen molar-refractivity contribution in [2.45, 2.75) is 0 Å². The van der Waals surface area contributed by atoms with Crippen LogP contribution < -0.4 is 0 Å². The van der Waals surface area contributed by atoms with Gasteiger partial charge in [0.1, 0.15) is 0 Å². The van der Waals surface area contributed by atoms with Gasteiger partial charge in [-0.3, -0.25) is 0 Å². The normalized spacial score (nSPS) is 11.5. The predicted octanol–water partition coefficient (Wildman–Crippen LogP) is 6.25. The molecule has 24 heavy (non-hydrogen) atoms. The van der Waals surface area contributed by atoms with E-state index in [4.69, 9.17) is 4.98 Å². The van der Waals surface area contributed by atoms with Gasteiger partial charge in [-0.15, -0.1) is 0 Å². The summed E-state index contributed by atoms with van der Waals surface area (Å²) in [6.07, 6.45) is 0. The average molecular weight is 373 g/mol. The zero-order valence-electron chi connectivity index (χ0n) is 12.8. The number of pyridine rings is 1. The summed E-state index contributed by atoms with van der Waals surface area (Å²) in [5.74, 6) is 0. The predicted molar refractivity (Wildman–Crippen MR) is 103 cm³/mol. The zero-order chi connectivity index (χ0) is 16.1. The Kier molecular flexibility index (Phi) is 2.97. The standard InChI is InChI=1S/C21H13BrN2/c22-14-10-11-18-16(12-14)20-21(24-18)19(13-6-2-1-3-7-13)15-8-4-5-9-17(15)23-20/h1-12,23H. The summed E-state index contributed by atoms with van der Waals surface area (Å²) >= 11 is 3.57. The van der Waals surface area contributed by atoms with E-state index in [9.17, 15) is 0 Å². The van der Waals surface area contributed by atoms with Gasteiger partial charge < -0.3 is 4.98 Å². The second kappa shape index (κ2) is 5.18. The molecule has 114 valence electrons. The van der Waals surface area contributed by atoms with Gasteiger partial charge in [0.15, 0.2) is 0 Å². The van der Waals surface area contributed by atoms with Gasteiger partial charge in [0.05, 0.1) is 16.9 Å². The Morgan fingerprint density at radius 1 is 0.792 bits per heavy atom. The van der Waals surface area contributed by atoms with Crippen LogP contribution in [0, 0.1) is 0 Å². The number of hydrogen-bond acceptors (Lipinski definition) is 1. The van der Waals surface area contributed by atoms with Crippen molar-refractivity contribution in [3.8, 4) is 22.5 Å². The highest BCUT2D eigenvalue weighted by Crippen LogP contribution is 2.41. The van der Waals surface area contributed by atoms with Crippen LogP contribution in [0.15, 0.2) is 77.3 Å². The molecule has 0 radical (unpaired) electrons. The van der Waals surface area contributed by atoms with Crippen LogP contribution in [0.5, 0.6) is 0 Å². The fraction of sp³-hybridized carbons (Fsp3) is 0. The van der Waals surface area contributed by atoms with Crippen LogP contribution in [0.2, 0.25) is 0 Å². The summed E-state index contributed by atoms with van der Waals surface area (Å²) in [5.41, 5.74) is 6.62. The minimum Gasteiger partial charge on any atom is -0.353 e. The molecule has 2 aliphatic rings. The zero-order valence-corrected chi connectivity index (χ0v) is 14.3. The van der Waals surface area contributed by atoms with Gasteiger partial charge in [0.25, 0.3) is 0 Å². The molecule has 0 fully saturated rings. The highest BCUT2D eigenvalue weighted by Gasteiger charge is 2.20. The fourth-order valence-corrected chi connectivity index (χ4v) is 3.75. The first-order chi connectivity index (χ1) is 11.8. The third kappa shape index (κ3) is 1.98. The third-order valence-corrected chi connectivity index (χ3v) is 4.95. The van der Waals surface area contributed by atoms with Crippen molar-refractivity contribution in [3.63, 3.8) is 0 Å². The number of aromatic amines is 1. The Hall–Kier alpha value is -2.65. The van der Waals surface area contributed by atoms with Gasteiger partial charge in [0, 0.05) is 26.3 Å². The first-order valence-electron chi connectivity index (χ1n) is 7.86. The summed E-state index contributed by atoms with van der Waals surface area (Å²) in [7, 11) is 0. The number of aromatic nitrogens is 2. The molecule has 0 saturated heterocycles. The van der Waals surface area contributed by atoms with Crippen molar-refractivity contribution in [1.29, 1.82) is 0 Å². The number of halogens is 1. The van der Waals surface area contributed by atoms with Crippen molar-refractivity contribution in [3.05, 3.63) is 77.3 Å². The average Bonchev–Trinajstić information content (AvgIpc) is 2.98. The number of para-hydroxylation sites is 1. The van der Waals surface area contributed by atoms with Crippen molar-refractivity contribution < 1.29 is 0 Å². The molecule has 0 aliphatic carbocycles. The van der Waals surface area contributed by atoms with Crippen LogP contribution in [0.4, 0.5) is 0 Å². The van der Waals surface area contributed by atoms with E-state index in [0.29, 0.717) is 0 Å². The number of nitrogens with one attached hydrogen (secondary N) is 1. The van der Waals surface area contributed by atoms with Crippen molar-refractivity contribution in [2.24, 2.45) is 0 Å². The van der Waals surface area contributed by atoms with E-state index in [2.05, 4.69) is 81.6 Å². The van der Waals surface area contributed by atoms with E-state index in [1.807, 2.05) is 12.1 Å². The summed E-state index contributed by atoms with van der Waals surface area (Å²) < 4.78 is 1.06. The van der Waals surface area contributed by atoms with Crippen molar-refractivity contribution in [1.82, 2.24) is 9.97 Å². The molecule has 0 saturated carbocycles. The first kappa shape index (κ1) is 13.8. The Bertz CT molecular complexity index is 1160. The minimum absolute atomic E-state index is 1.01. The van der Waals surface area contributed by atoms with Gasteiger partial charge in [0.2, 0.25) is 0 Å². The lowest BCUT2D eigenvalue weighted by Gasteiger charge is -2.12. The van der Waals surface area contributed by atoms with Gasteiger partial charge in [-0.05, 0) is 29.8 Å². The van der Waals surface area contributed by atoms with Gasteiger partial charge in [-0.1, -0.05) is 64.5 Å². The SMILES string of the molecule is Brc1ccc2nc3c(-c4ccccc4)c4ccccc4[nH]c-3c2c1. The molecule has 2 aliphatic heterocycles. The third-order valence-electron chi connectivity index (χ3n) is 4.45. The van der Waals surface area contributed by atoms with Crippen LogP contribution in [0.1, 0.15) is 0 Å². The van der Waals surface area contributed by atoms with Gasteiger partial charge in [-0.25, -0.2) is 4.98 Å². The molecule has 3 aromatic carbocycles. The minimum atomic E-state index is 1.01.